The molecule has 0 radical (unpaired) electrons. The molecule has 0 aromatic rings. The van der Waals surface area contributed by atoms with E-state index in [0.717, 1.165) is 19.3 Å². The van der Waals surface area contributed by atoms with E-state index in [1.165, 1.54) is 83.5 Å². The van der Waals surface area contributed by atoms with Crippen LogP contribution < -0.4 is 0 Å². The van der Waals surface area contributed by atoms with Gasteiger partial charge in [0, 0.05) is 0 Å². The molecule has 0 N–H and O–H groups in total. The Morgan fingerprint density at radius 3 is 1.34 bits per heavy atom. The molecule has 0 spiro atoms. The maximum Gasteiger partial charge on any atom is 0.310 e. The van der Waals surface area contributed by atoms with Crippen LogP contribution in [-0.2, 0) is 19.1 Å². The molecule has 4 nitrogen and oxygen atoms in total. The molecule has 0 amide bonds. The van der Waals surface area contributed by atoms with Gasteiger partial charge in [-0.1, -0.05) is 116 Å². The lowest BCUT2D eigenvalue weighted by atomic mass is 9.83. The summed E-state index contributed by atoms with van der Waals surface area (Å²) in [6.45, 7) is 5.13. The van der Waals surface area contributed by atoms with E-state index in [-0.39, 0.29) is 23.8 Å². The number of rotatable bonds is 20. The predicted molar refractivity (Wildman–Crippen MR) is 132 cm³/mol. The standard InChI is InChI=1S/C28H50O4/c1-3-5-6-7-8-9-10-11-12-13-14-15-16-17-20-24-32-28(30)26-22-19-18-21-25(26)27(29)31-23-4-2/h18-19,25-26H,3-17,20-24H2,1-2H3. The SMILES string of the molecule is CCCCCCCCCCCCCCCCCOC(=O)C1CC=CCC1C(=O)OCCC. The van der Waals surface area contributed by atoms with E-state index in [2.05, 4.69) is 6.92 Å². The topological polar surface area (TPSA) is 52.6 Å². The first-order valence-corrected chi connectivity index (χ1v) is 13.7. The van der Waals surface area contributed by atoms with Crippen molar-refractivity contribution in [2.24, 2.45) is 11.8 Å². The van der Waals surface area contributed by atoms with Gasteiger partial charge in [-0.25, -0.2) is 0 Å². The van der Waals surface area contributed by atoms with Crippen LogP contribution >= 0.6 is 0 Å². The Balaban J connectivity index is 1.96. The van der Waals surface area contributed by atoms with Gasteiger partial charge in [0.2, 0.25) is 0 Å². The summed E-state index contributed by atoms with van der Waals surface area (Å²) >= 11 is 0. The zero-order valence-corrected chi connectivity index (χ0v) is 21.1. The minimum atomic E-state index is -0.389. The van der Waals surface area contributed by atoms with Crippen LogP contribution in [0.5, 0.6) is 0 Å². The summed E-state index contributed by atoms with van der Waals surface area (Å²) in [6, 6.07) is 0. The summed E-state index contributed by atoms with van der Waals surface area (Å²) in [5.41, 5.74) is 0. The molecule has 1 aliphatic carbocycles. The number of unbranched alkanes of at least 4 members (excludes halogenated alkanes) is 14. The van der Waals surface area contributed by atoms with Gasteiger partial charge in [-0.3, -0.25) is 9.59 Å². The molecule has 0 heterocycles. The second-order valence-electron chi connectivity index (χ2n) is 9.44. The Labute approximate surface area is 197 Å². The molecule has 0 saturated heterocycles. The number of hydrogen-bond donors (Lipinski definition) is 0. The highest BCUT2D eigenvalue weighted by molar-refractivity contribution is 5.82. The molecule has 4 heteroatoms. The van der Waals surface area contributed by atoms with E-state index >= 15 is 0 Å². The first-order valence-electron chi connectivity index (χ1n) is 13.7. The van der Waals surface area contributed by atoms with Gasteiger partial charge < -0.3 is 9.47 Å². The van der Waals surface area contributed by atoms with Gasteiger partial charge in [0.15, 0.2) is 0 Å². The maximum atomic E-state index is 12.5. The van der Waals surface area contributed by atoms with Gasteiger partial charge >= 0.3 is 11.9 Å². The second kappa shape index (κ2) is 20.3. The first-order chi connectivity index (χ1) is 15.7. The van der Waals surface area contributed by atoms with Crippen molar-refractivity contribution in [3.63, 3.8) is 0 Å². The molecule has 1 aliphatic rings. The lowest BCUT2D eigenvalue weighted by Crippen LogP contribution is -2.34. The fourth-order valence-electron chi connectivity index (χ4n) is 4.40. The first kappa shape index (κ1) is 28.7. The number of allylic oxidation sites excluding steroid dienone is 2. The van der Waals surface area contributed by atoms with E-state index in [1.54, 1.807) is 0 Å². The van der Waals surface area contributed by atoms with Crippen molar-refractivity contribution in [1.29, 1.82) is 0 Å². The van der Waals surface area contributed by atoms with Crippen LogP contribution in [-0.4, -0.2) is 25.2 Å². The van der Waals surface area contributed by atoms with Crippen LogP contribution in [0.4, 0.5) is 0 Å². The third kappa shape index (κ3) is 14.0. The summed E-state index contributed by atoms with van der Waals surface area (Å²) in [7, 11) is 0. The van der Waals surface area contributed by atoms with E-state index in [0.29, 0.717) is 26.1 Å². The van der Waals surface area contributed by atoms with Gasteiger partial charge in [0.1, 0.15) is 0 Å². The number of esters is 2. The second-order valence-corrected chi connectivity index (χ2v) is 9.44. The average molecular weight is 451 g/mol. The largest absolute Gasteiger partial charge is 0.465 e. The third-order valence-corrected chi connectivity index (χ3v) is 6.48. The van der Waals surface area contributed by atoms with Crippen LogP contribution in [0.2, 0.25) is 0 Å². The monoisotopic (exact) mass is 450 g/mol. The Hall–Kier alpha value is -1.32. The lowest BCUT2D eigenvalue weighted by Gasteiger charge is -2.25. The Morgan fingerprint density at radius 2 is 0.938 bits per heavy atom. The van der Waals surface area contributed by atoms with Crippen molar-refractivity contribution < 1.29 is 19.1 Å². The van der Waals surface area contributed by atoms with Gasteiger partial charge in [0.05, 0.1) is 25.0 Å². The summed E-state index contributed by atoms with van der Waals surface area (Å²) in [4.78, 5) is 24.7. The fourth-order valence-corrected chi connectivity index (χ4v) is 4.40. The molecule has 0 aromatic heterocycles. The van der Waals surface area contributed by atoms with Gasteiger partial charge in [-0.2, -0.15) is 0 Å². The van der Waals surface area contributed by atoms with Crippen LogP contribution in [0.3, 0.4) is 0 Å². The molecular weight excluding hydrogens is 400 g/mol. The molecule has 2 unspecified atom stereocenters. The highest BCUT2D eigenvalue weighted by atomic mass is 16.5. The quantitative estimate of drug-likeness (QED) is 0.107. The van der Waals surface area contributed by atoms with Crippen molar-refractivity contribution in [2.75, 3.05) is 13.2 Å². The van der Waals surface area contributed by atoms with Crippen LogP contribution in [0.15, 0.2) is 12.2 Å². The number of ether oxygens (including phenoxy) is 2. The average Bonchev–Trinajstić information content (AvgIpc) is 2.82. The van der Waals surface area contributed by atoms with Crippen LogP contribution in [0.1, 0.15) is 129 Å². The van der Waals surface area contributed by atoms with Crippen molar-refractivity contribution in [3.8, 4) is 0 Å². The normalized spacial score (nSPS) is 17.9. The molecular formula is C28H50O4. The molecule has 0 aliphatic heterocycles. The maximum absolute atomic E-state index is 12.5. The summed E-state index contributed by atoms with van der Waals surface area (Å²) < 4.78 is 10.8. The highest BCUT2D eigenvalue weighted by Gasteiger charge is 2.36. The number of carbonyl (C=O) groups is 2. The smallest absolute Gasteiger partial charge is 0.310 e. The van der Waals surface area contributed by atoms with E-state index in [4.69, 9.17) is 9.47 Å². The van der Waals surface area contributed by atoms with Crippen molar-refractivity contribution in [1.82, 2.24) is 0 Å². The zero-order chi connectivity index (χ0) is 23.3. The minimum absolute atomic E-state index is 0.238. The summed E-state index contributed by atoms with van der Waals surface area (Å²) in [5.74, 6) is -1.27. The lowest BCUT2D eigenvalue weighted by molar-refractivity contribution is -0.161. The van der Waals surface area contributed by atoms with Gasteiger partial charge in [0.25, 0.3) is 0 Å². The molecule has 0 bridgehead atoms. The molecule has 2 atom stereocenters. The van der Waals surface area contributed by atoms with E-state index in [1.807, 2.05) is 19.1 Å². The highest BCUT2D eigenvalue weighted by Crippen LogP contribution is 2.28. The molecule has 32 heavy (non-hydrogen) atoms. The molecule has 1 rings (SSSR count). The molecule has 0 aromatic carbocycles. The van der Waals surface area contributed by atoms with Crippen molar-refractivity contribution in [3.05, 3.63) is 12.2 Å². The Kier molecular flexibility index (Phi) is 18.2. The Bertz CT molecular complexity index is 500. The Morgan fingerprint density at radius 1 is 0.562 bits per heavy atom. The van der Waals surface area contributed by atoms with Gasteiger partial charge in [-0.15, -0.1) is 0 Å². The van der Waals surface area contributed by atoms with Crippen LogP contribution in [0.25, 0.3) is 0 Å². The summed E-state index contributed by atoms with van der Waals surface area (Å²) in [6.07, 6.45) is 25.7. The predicted octanol–water partition coefficient (Wildman–Crippen LogP) is 7.94. The van der Waals surface area contributed by atoms with Gasteiger partial charge in [-0.05, 0) is 25.7 Å². The third-order valence-electron chi connectivity index (χ3n) is 6.48. The zero-order valence-electron chi connectivity index (χ0n) is 21.1. The molecule has 0 saturated carbocycles. The van der Waals surface area contributed by atoms with E-state index in [9.17, 15) is 9.59 Å². The molecule has 186 valence electrons. The van der Waals surface area contributed by atoms with Crippen molar-refractivity contribution in [2.45, 2.75) is 129 Å². The van der Waals surface area contributed by atoms with E-state index < -0.39 is 0 Å². The number of hydrogen-bond acceptors (Lipinski definition) is 4. The minimum Gasteiger partial charge on any atom is -0.465 e. The van der Waals surface area contributed by atoms with Crippen LogP contribution in [0, 0.1) is 11.8 Å². The van der Waals surface area contributed by atoms with Crippen molar-refractivity contribution >= 4 is 11.9 Å². The fraction of sp³-hybridized carbons (Fsp3) is 0.857. The number of carbonyl (C=O) groups excluding carboxylic acids is 2. The molecule has 0 fully saturated rings. The summed E-state index contributed by atoms with van der Waals surface area (Å²) in [5, 5.41) is 0.